The predicted molar refractivity (Wildman–Crippen MR) is 92.9 cm³/mol. The molecular formula is C19H26N2O3. The van der Waals surface area contributed by atoms with Crippen LogP contribution in [0, 0.1) is 17.2 Å². The molecule has 5 heteroatoms. The fourth-order valence-corrected chi connectivity index (χ4v) is 3.40. The van der Waals surface area contributed by atoms with Gasteiger partial charge in [-0.2, -0.15) is 5.26 Å². The molecule has 0 aromatic heterocycles. The number of rotatable bonds is 6. The lowest BCUT2D eigenvalue weighted by Gasteiger charge is -2.38. The van der Waals surface area contributed by atoms with Gasteiger partial charge in [0, 0.05) is 12.3 Å². The van der Waals surface area contributed by atoms with Gasteiger partial charge in [0.15, 0.2) is 0 Å². The molecule has 24 heavy (non-hydrogen) atoms. The van der Waals surface area contributed by atoms with Crippen molar-refractivity contribution in [3.63, 3.8) is 0 Å². The van der Waals surface area contributed by atoms with E-state index < -0.39 is 5.60 Å². The number of anilines is 1. The summed E-state index contributed by atoms with van der Waals surface area (Å²) in [5, 5.41) is 12.2. The number of carbonyl (C=O) groups is 1. The summed E-state index contributed by atoms with van der Waals surface area (Å²) in [4.78, 5) is 12.9. The van der Waals surface area contributed by atoms with Gasteiger partial charge in [0.1, 0.15) is 17.4 Å². The van der Waals surface area contributed by atoms with Gasteiger partial charge >= 0.3 is 0 Å². The first-order valence-electron chi connectivity index (χ1n) is 8.67. The SMILES string of the molecule is CCOc1ccc(NC(=O)[C@@]2(OCC)CCC[C@@H](C)C2)cc1C#N. The fourth-order valence-electron chi connectivity index (χ4n) is 3.40. The first-order valence-corrected chi connectivity index (χ1v) is 8.67. The molecule has 0 unspecified atom stereocenters. The summed E-state index contributed by atoms with van der Waals surface area (Å²) in [6.07, 6.45) is 3.58. The van der Waals surface area contributed by atoms with E-state index in [1.165, 1.54) is 0 Å². The number of carbonyl (C=O) groups excluding carboxylic acids is 1. The molecule has 1 aromatic rings. The van der Waals surface area contributed by atoms with Gasteiger partial charge in [-0.3, -0.25) is 4.79 Å². The quantitative estimate of drug-likeness (QED) is 0.859. The molecule has 0 heterocycles. The topological polar surface area (TPSA) is 71.3 Å². The smallest absolute Gasteiger partial charge is 0.256 e. The molecule has 130 valence electrons. The van der Waals surface area contributed by atoms with Gasteiger partial charge in [-0.15, -0.1) is 0 Å². The molecule has 0 spiro atoms. The van der Waals surface area contributed by atoms with Crippen molar-refractivity contribution in [1.29, 1.82) is 5.26 Å². The van der Waals surface area contributed by atoms with Crippen LogP contribution in [0.1, 0.15) is 52.0 Å². The van der Waals surface area contributed by atoms with E-state index in [0.717, 1.165) is 25.7 Å². The van der Waals surface area contributed by atoms with E-state index in [-0.39, 0.29) is 5.91 Å². The van der Waals surface area contributed by atoms with Crippen LogP contribution in [0.25, 0.3) is 0 Å². The second-order valence-corrected chi connectivity index (χ2v) is 6.34. The van der Waals surface area contributed by atoms with Crippen molar-refractivity contribution >= 4 is 11.6 Å². The molecule has 0 bridgehead atoms. The maximum atomic E-state index is 12.9. The van der Waals surface area contributed by atoms with Crippen LogP contribution in [0.4, 0.5) is 5.69 Å². The number of nitrogens with one attached hydrogen (secondary N) is 1. The van der Waals surface area contributed by atoms with E-state index in [9.17, 15) is 10.1 Å². The van der Waals surface area contributed by atoms with Crippen LogP contribution in [0.2, 0.25) is 0 Å². The fraction of sp³-hybridized carbons (Fsp3) is 0.579. The van der Waals surface area contributed by atoms with Crippen LogP contribution >= 0.6 is 0 Å². The zero-order valence-corrected chi connectivity index (χ0v) is 14.7. The molecule has 5 nitrogen and oxygen atoms in total. The Kier molecular flexibility index (Phi) is 6.22. The van der Waals surface area contributed by atoms with Crippen molar-refractivity contribution < 1.29 is 14.3 Å². The summed E-state index contributed by atoms with van der Waals surface area (Å²) in [7, 11) is 0. The van der Waals surface area contributed by atoms with Gasteiger partial charge in [-0.1, -0.05) is 13.3 Å². The second-order valence-electron chi connectivity index (χ2n) is 6.34. The lowest BCUT2D eigenvalue weighted by Crippen LogP contribution is -2.48. The summed E-state index contributed by atoms with van der Waals surface area (Å²) < 4.78 is 11.3. The van der Waals surface area contributed by atoms with E-state index in [2.05, 4.69) is 18.3 Å². The summed E-state index contributed by atoms with van der Waals surface area (Å²) in [6.45, 7) is 6.94. The van der Waals surface area contributed by atoms with Crippen molar-refractivity contribution in [3.8, 4) is 11.8 Å². The van der Waals surface area contributed by atoms with E-state index in [4.69, 9.17) is 9.47 Å². The Hall–Kier alpha value is -2.06. The number of ether oxygens (including phenoxy) is 2. The third kappa shape index (κ3) is 4.07. The first-order chi connectivity index (χ1) is 11.5. The average molecular weight is 330 g/mol. The zero-order valence-electron chi connectivity index (χ0n) is 14.7. The molecule has 0 radical (unpaired) electrons. The van der Waals surface area contributed by atoms with Gasteiger partial charge in [0.2, 0.25) is 0 Å². The highest BCUT2D eigenvalue weighted by Gasteiger charge is 2.42. The van der Waals surface area contributed by atoms with Gasteiger partial charge in [0.05, 0.1) is 12.2 Å². The lowest BCUT2D eigenvalue weighted by atomic mass is 9.78. The van der Waals surface area contributed by atoms with Gasteiger partial charge in [0.25, 0.3) is 5.91 Å². The van der Waals surface area contributed by atoms with Crippen LogP contribution in [-0.2, 0) is 9.53 Å². The minimum absolute atomic E-state index is 0.121. The van der Waals surface area contributed by atoms with Crippen molar-refractivity contribution in [2.75, 3.05) is 18.5 Å². The van der Waals surface area contributed by atoms with Crippen molar-refractivity contribution in [3.05, 3.63) is 23.8 Å². The maximum Gasteiger partial charge on any atom is 0.256 e. The summed E-state index contributed by atoms with van der Waals surface area (Å²) in [6, 6.07) is 7.23. The molecule has 2 rings (SSSR count). The molecule has 1 aliphatic rings. The number of nitrogens with zero attached hydrogens (tertiary/aromatic N) is 1. The molecule has 1 saturated carbocycles. The lowest BCUT2D eigenvalue weighted by molar-refractivity contribution is -0.147. The Morgan fingerprint density at radius 3 is 2.83 bits per heavy atom. The van der Waals surface area contributed by atoms with Crippen LogP contribution in [-0.4, -0.2) is 24.7 Å². The van der Waals surface area contributed by atoms with Crippen molar-refractivity contribution in [2.24, 2.45) is 5.92 Å². The molecule has 0 saturated heterocycles. The molecule has 1 amide bonds. The van der Waals surface area contributed by atoms with Gasteiger partial charge in [-0.05, 0) is 57.2 Å². The largest absolute Gasteiger partial charge is 0.492 e. The number of benzene rings is 1. The van der Waals surface area contributed by atoms with E-state index in [1.807, 2.05) is 13.8 Å². The Bertz CT molecular complexity index is 620. The average Bonchev–Trinajstić information content (AvgIpc) is 2.56. The van der Waals surface area contributed by atoms with Gasteiger partial charge in [-0.25, -0.2) is 0 Å². The van der Waals surface area contributed by atoms with Crippen molar-refractivity contribution in [1.82, 2.24) is 0 Å². The van der Waals surface area contributed by atoms with Crippen molar-refractivity contribution in [2.45, 2.75) is 52.1 Å². The van der Waals surface area contributed by atoms with Gasteiger partial charge < -0.3 is 14.8 Å². The molecule has 1 fully saturated rings. The standard InChI is InChI=1S/C19H26N2O3/c1-4-23-17-9-8-16(11-15(17)13-20)21-18(22)19(24-5-2)10-6-7-14(3)12-19/h8-9,11,14H,4-7,10,12H2,1-3H3,(H,21,22)/t14-,19-/m1/s1. The minimum atomic E-state index is -0.766. The number of nitriles is 1. The number of hydrogen-bond donors (Lipinski definition) is 1. The Balaban J connectivity index is 2.19. The normalized spacial score (nSPS) is 23.3. The predicted octanol–water partition coefficient (Wildman–Crippen LogP) is 3.88. The highest BCUT2D eigenvalue weighted by atomic mass is 16.5. The molecule has 1 aliphatic carbocycles. The Labute approximate surface area is 144 Å². The monoisotopic (exact) mass is 330 g/mol. The van der Waals surface area contributed by atoms with E-state index in [0.29, 0.717) is 36.1 Å². The zero-order chi connectivity index (χ0) is 17.6. The van der Waals surface area contributed by atoms with E-state index in [1.54, 1.807) is 18.2 Å². The van der Waals surface area contributed by atoms with E-state index >= 15 is 0 Å². The van der Waals surface area contributed by atoms with Crippen LogP contribution in [0.5, 0.6) is 5.75 Å². The highest BCUT2D eigenvalue weighted by molar-refractivity contribution is 5.97. The van der Waals surface area contributed by atoms with Crippen LogP contribution in [0.15, 0.2) is 18.2 Å². The maximum absolute atomic E-state index is 12.9. The van der Waals surface area contributed by atoms with Crippen LogP contribution < -0.4 is 10.1 Å². The molecular weight excluding hydrogens is 304 g/mol. The third-order valence-electron chi connectivity index (χ3n) is 4.45. The minimum Gasteiger partial charge on any atom is -0.492 e. The van der Waals surface area contributed by atoms with Crippen LogP contribution in [0.3, 0.4) is 0 Å². The summed E-state index contributed by atoms with van der Waals surface area (Å²) in [5.41, 5.74) is 0.243. The summed E-state index contributed by atoms with van der Waals surface area (Å²) >= 11 is 0. The second kappa shape index (κ2) is 8.16. The Morgan fingerprint density at radius 2 is 2.21 bits per heavy atom. The number of hydrogen-bond acceptors (Lipinski definition) is 4. The Morgan fingerprint density at radius 1 is 1.42 bits per heavy atom. The molecule has 1 N–H and O–H groups in total. The molecule has 2 atom stereocenters. The third-order valence-corrected chi connectivity index (χ3v) is 4.45. The highest BCUT2D eigenvalue weighted by Crippen LogP contribution is 2.36. The summed E-state index contributed by atoms with van der Waals surface area (Å²) in [5.74, 6) is 0.874. The molecule has 1 aromatic carbocycles. The number of amides is 1. The first kappa shape index (κ1) is 18.3. The molecule has 0 aliphatic heterocycles.